The minimum Gasteiger partial charge on any atom is -0.497 e. The molecule has 0 bridgehead atoms. The monoisotopic (exact) mass is 1800 g/mol. The molecule has 0 aliphatic carbocycles. The Balaban J connectivity index is 0.000000146. The van der Waals surface area contributed by atoms with Crippen molar-refractivity contribution in [2.75, 3.05) is 55.8 Å². The molecule has 0 fully saturated rings. The van der Waals surface area contributed by atoms with E-state index in [0.717, 1.165) is 124 Å². The molecule has 0 saturated carbocycles. The molecule has 0 saturated heterocycles. The number of carbonyl (C=O) groups is 5. The van der Waals surface area contributed by atoms with Crippen LogP contribution in [0.1, 0.15) is 84.9 Å². The Labute approximate surface area is 800 Å². The number of carbonyl (C=O) groups excluding carboxylic acids is 5. The number of para-hydroxylation sites is 5. The third kappa shape index (κ3) is 24.9. The summed E-state index contributed by atoms with van der Waals surface area (Å²) in [7, 11) is 6.53. The van der Waals surface area contributed by atoms with Crippen molar-refractivity contribution in [3.63, 3.8) is 0 Å². The molecular weight excluding hydrogens is 1700 g/mol. The van der Waals surface area contributed by atoms with Gasteiger partial charge in [-0.25, -0.2) is 4.98 Å². The van der Waals surface area contributed by atoms with Crippen molar-refractivity contribution in [2.24, 2.45) is 25.9 Å². The number of nitrogens with two attached hydrogens (primary N) is 2. The summed E-state index contributed by atoms with van der Waals surface area (Å²) in [5.41, 5.74) is 29.5. The first-order chi connectivity index (χ1) is 63.9. The van der Waals surface area contributed by atoms with Crippen molar-refractivity contribution in [2.45, 2.75) is 51.1 Å². The van der Waals surface area contributed by atoms with Gasteiger partial charge in [0.2, 0.25) is 11.8 Å². The van der Waals surface area contributed by atoms with Crippen molar-refractivity contribution in [1.82, 2.24) is 9.55 Å². The molecule has 18 rings (SSSR count). The molecule has 2 unspecified atom stereocenters. The number of alkyl halides is 1. The van der Waals surface area contributed by atoms with E-state index < -0.39 is 17.8 Å². The first-order valence-electron chi connectivity index (χ1n) is 42.1. The number of benzene rings is 14. The number of nitrogen functional groups attached to an aromatic ring is 1. The number of methoxy groups -OCH3 is 4. The maximum absolute atomic E-state index is 13.1. The largest absolute Gasteiger partial charge is 0.497 e. The number of amides is 3. The Kier molecular flexibility index (Phi) is 34.8. The second kappa shape index (κ2) is 47.9. The molecular formula is C108H96ArClN11O11. The summed E-state index contributed by atoms with van der Waals surface area (Å²) in [6.45, 7) is 2.82. The number of fused-ring (bicyclic) bond motifs is 4. The van der Waals surface area contributed by atoms with Gasteiger partial charge in [-0.3, -0.25) is 43.7 Å². The topological polar surface area (TPSA) is 297 Å². The van der Waals surface area contributed by atoms with Gasteiger partial charge in [0.05, 0.1) is 93.5 Å². The molecule has 6 N–H and O–H groups in total. The number of rotatable bonds is 19. The van der Waals surface area contributed by atoms with Crippen molar-refractivity contribution >= 4 is 91.7 Å². The first kappa shape index (κ1) is 96.1. The number of ether oxygens (including phenoxy) is 4. The van der Waals surface area contributed by atoms with E-state index in [1.165, 1.54) is 6.92 Å². The van der Waals surface area contributed by atoms with E-state index >= 15 is 0 Å². The number of ketones is 2. The van der Waals surface area contributed by atoms with Crippen LogP contribution in [0, 0.1) is 37.7 Å². The summed E-state index contributed by atoms with van der Waals surface area (Å²) in [5, 5.41) is 16.3. The van der Waals surface area contributed by atoms with Crippen LogP contribution in [0.25, 0.3) is 22.2 Å². The van der Waals surface area contributed by atoms with Crippen molar-refractivity contribution < 1.29 is 85.9 Å². The third-order valence-corrected chi connectivity index (χ3v) is 21.6. The number of hydrogen-bond acceptors (Lipinski definition) is 18. The SMILES string of the molecule is CC(=O)CC1N=C(c2ccccc2)c2ccccc2NC1=O.COc1ccc(CCl)cc1.COc1ccc(CN2C(=O)C(N)N=C(c3ccccc3)c3ccccc32)cc1.COc1ccc(CN2C(=O)CN=C(c3ccccc3)c3ccccc32)cc1.COc1ccc(Cn2c(=O)/c(=N\O)nc(-c3ccccc3)c3ccccc32)cc1.Nc1ccccc1C(=O)c1ccccc1.[Ar]. The van der Waals surface area contributed by atoms with Crippen LogP contribution >= 0.6 is 11.6 Å². The van der Waals surface area contributed by atoms with Crippen molar-refractivity contribution in [3.8, 4) is 34.3 Å². The zero-order valence-electron chi connectivity index (χ0n) is 73.1. The standard InChI is InChI=1S/C23H19N3O3.C23H21N3O2.C23H20N2O2.C18H16N2O2.C13H11NO.C8H9ClO.Ar/c1-29-18-13-11-16(12-14-18)15-26-20-10-6-5-9-19(20)21(17-7-3-2-4-8-17)24-22(25-28)23(26)27;1-28-18-13-11-16(12-14-18)15-26-20-10-6-5-9-19(20)21(25-22(24)23(26)27)17-7-3-2-4-8-17;1-27-19-13-11-17(12-14-19)16-25-21-10-6-5-9-20(21)23(24-15-22(25)26)18-7-3-2-4-8-18;1-12(21)11-16-18(22)20-15-10-6-5-9-14(15)17(19-16)13-7-3-2-4-8-13;14-12-9-5-4-8-11(12)13(15)10-6-2-1-3-7-10;1-10-8-4-2-7(6-9)3-5-8;/h2-14,28H,15H2,1H3;2-14,22H,15,24H2,1H3;2-14H,15-16H2,1H3;2-10,16H,11H2,1H3,(H,20,22);1-9H,14H2;2-5H,6H2,1H3;/b25-22+;;;;;;. The Morgan fingerprint density at radius 1 is 0.462 bits per heavy atom. The molecule has 22 nitrogen and oxygen atoms in total. The molecule has 14 aromatic carbocycles. The smallest absolute Gasteiger partial charge is 0.299 e. The van der Waals surface area contributed by atoms with Gasteiger partial charge in [0.25, 0.3) is 17.0 Å². The molecule has 15 aromatic rings. The van der Waals surface area contributed by atoms with Crippen LogP contribution in [0.5, 0.6) is 23.0 Å². The van der Waals surface area contributed by atoms with Crippen LogP contribution in [0.3, 0.4) is 0 Å². The Morgan fingerprint density at radius 2 is 0.871 bits per heavy atom. The maximum atomic E-state index is 13.1. The fraction of sp³-hybridized carbons (Fsp3) is 0.120. The van der Waals surface area contributed by atoms with E-state index in [1.54, 1.807) is 62.2 Å². The zero-order chi connectivity index (χ0) is 92.0. The van der Waals surface area contributed by atoms with E-state index in [9.17, 15) is 34.0 Å². The Morgan fingerprint density at radius 3 is 1.37 bits per heavy atom. The van der Waals surface area contributed by atoms with Gasteiger partial charge in [0.1, 0.15) is 41.4 Å². The van der Waals surface area contributed by atoms with Gasteiger partial charge < -0.3 is 55.3 Å². The normalized spacial score (nSPS) is 13.4. The van der Waals surface area contributed by atoms with Crippen molar-refractivity contribution in [3.05, 3.63) is 453 Å². The number of benzodiazepines with no additional fused rings is 3. The number of nitrogens with one attached hydrogen (secondary N) is 1. The molecule has 4 heterocycles. The van der Waals surface area contributed by atoms with Gasteiger partial charge in [-0.05, 0) is 114 Å². The van der Waals surface area contributed by atoms with Crippen LogP contribution < -0.4 is 56.6 Å². The Hall–Kier alpha value is -15.0. The van der Waals surface area contributed by atoms with Crippen LogP contribution in [-0.2, 0) is 44.7 Å². The fourth-order valence-corrected chi connectivity index (χ4v) is 14.8. The second-order valence-electron chi connectivity index (χ2n) is 30.0. The molecule has 0 radical (unpaired) electrons. The van der Waals surface area contributed by atoms with E-state index in [1.807, 2.05) is 351 Å². The van der Waals surface area contributed by atoms with E-state index in [-0.39, 0.29) is 85.5 Å². The Bertz CT molecular complexity index is 6680. The van der Waals surface area contributed by atoms with Gasteiger partial charge in [0, 0.05) is 111 Å². The number of Topliss-reactive ketones (excluding diaryl/α,β-unsaturated/α-hetero) is 1. The molecule has 3 amide bonds. The fourth-order valence-electron chi connectivity index (χ4n) is 14.6. The zero-order valence-corrected chi connectivity index (χ0v) is 74.6. The average molecular weight is 1800 g/mol. The van der Waals surface area contributed by atoms with E-state index in [2.05, 4.69) is 30.4 Å². The van der Waals surface area contributed by atoms with Crippen LogP contribution in [-0.4, -0.2) is 108 Å². The maximum Gasteiger partial charge on any atom is 0.299 e. The minimum atomic E-state index is -0.958. The van der Waals surface area contributed by atoms with Gasteiger partial charge >= 0.3 is 0 Å². The van der Waals surface area contributed by atoms with Crippen LogP contribution in [0.15, 0.2) is 395 Å². The summed E-state index contributed by atoms with van der Waals surface area (Å²) in [6.07, 6.45) is -0.850. The minimum absolute atomic E-state index is 0. The quantitative estimate of drug-likeness (QED) is 0.0192. The summed E-state index contributed by atoms with van der Waals surface area (Å²) < 4.78 is 22.2. The first-order valence-corrected chi connectivity index (χ1v) is 42.6. The third-order valence-electron chi connectivity index (χ3n) is 21.3. The van der Waals surface area contributed by atoms with Gasteiger partial charge in [-0.15, -0.1) is 11.6 Å². The molecule has 664 valence electrons. The number of halogens is 1. The molecule has 1 aromatic heterocycles. The van der Waals surface area contributed by atoms with Gasteiger partial charge in [-0.2, -0.15) is 0 Å². The molecule has 3 aliphatic rings. The molecule has 3 aliphatic heterocycles. The molecule has 0 spiro atoms. The molecule has 132 heavy (non-hydrogen) atoms. The van der Waals surface area contributed by atoms with Crippen LogP contribution in [0.4, 0.5) is 22.7 Å². The number of aliphatic imine (C=N–C) groups is 3. The predicted molar refractivity (Wildman–Crippen MR) is 519 cm³/mol. The average Bonchev–Trinajstić information content (AvgIpc) is 1.60. The predicted octanol–water partition coefficient (Wildman–Crippen LogP) is 18.6. The summed E-state index contributed by atoms with van der Waals surface area (Å²) in [5.74, 6) is 3.18. The molecule has 2 atom stereocenters. The summed E-state index contributed by atoms with van der Waals surface area (Å²) >= 11 is 5.58. The van der Waals surface area contributed by atoms with Gasteiger partial charge in [0.15, 0.2) is 11.9 Å². The number of aromatic nitrogens is 2. The van der Waals surface area contributed by atoms with E-state index in [0.29, 0.717) is 53.5 Å². The molecule has 24 heteroatoms. The second-order valence-corrected chi connectivity index (χ2v) is 30.3. The summed E-state index contributed by atoms with van der Waals surface area (Å²) in [4.78, 5) is 96.6. The van der Waals surface area contributed by atoms with Crippen molar-refractivity contribution in [1.29, 1.82) is 0 Å². The van der Waals surface area contributed by atoms with Crippen LogP contribution in [0.2, 0.25) is 0 Å². The summed E-state index contributed by atoms with van der Waals surface area (Å²) in [6, 6.07) is 116. The number of hydrogen-bond donors (Lipinski definition) is 4. The number of nitrogens with zero attached hydrogens (tertiary/aromatic N) is 8. The number of anilines is 4. The van der Waals surface area contributed by atoms with Gasteiger partial charge in [-0.1, -0.05) is 290 Å². The van der Waals surface area contributed by atoms with E-state index in [4.69, 9.17) is 42.0 Å².